The molecule has 0 saturated carbocycles. The molecular weight excluding hydrogens is 321 g/mol. The molecule has 0 radical (unpaired) electrons. The van der Waals surface area contributed by atoms with Gasteiger partial charge in [-0.3, -0.25) is 0 Å². The number of aromatic nitrogens is 2. The molecule has 2 aromatic rings. The Morgan fingerprint density at radius 3 is 3.04 bits per heavy atom. The quantitative estimate of drug-likeness (QED) is 0.891. The fraction of sp³-hybridized carbons (Fsp3) is 0.444. The normalized spacial score (nSPS) is 24.5. The number of nitrogens with two attached hydrogens (primary N) is 1. The first-order valence-corrected chi connectivity index (χ1v) is 8.55. The minimum absolute atomic E-state index is 0.00125. The molecule has 25 heavy (non-hydrogen) atoms. The molecule has 3 heterocycles. The van der Waals surface area contributed by atoms with E-state index in [9.17, 15) is 4.39 Å². The monoisotopic (exact) mass is 343 g/mol. The summed E-state index contributed by atoms with van der Waals surface area (Å²) in [5.74, 6) is 0.515. The van der Waals surface area contributed by atoms with Gasteiger partial charge in [0.1, 0.15) is 0 Å². The molecule has 4 rings (SSSR count). The van der Waals surface area contributed by atoms with Gasteiger partial charge in [0.2, 0.25) is 0 Å². The molecule has 7 heteroatoms. The number of nitrogens with zero attached hydrogens (tertiary/aromatic N) is 3. The maximum absolute atomic E-state index is 14.0. The van der Waals surface area contributed by atoms with E-state index in [0.717, 1.165) is 37.4 Å². The third kappa shape index (κ3) is 2.41. The molecule has 1 saturated heterocycles. The highest BCUT2D eigenvalue weighted by atomic mass is 19.1. The Bertz CT molecular complexity index is 814. The zero-order valence-corrected chi connectivity index (χ0v) is 14.4. The fourth-order valence-corrected chi connectivity index (χ4v) is 4.08. The molecule has 0 amide bonds. The molecule has 1 fully saturated rings. The van der Waals surface area contributed by atoms with Gasteiger partial charge in [0.25, 0.3) is 0 Å². The Labute approximate surface area is 146 Å². The van der Waals surface area contributed by atoms with Crippen molar-refractivity contribution in [2.24, 2.45) is 5.73 Å². The van der Waals surface area contributed by atoms with Crippen molar-refractivity contribution < 1.29 is 9.13 Å². The Morgan fingerprint density at radius 1 is 1.44 bits per heavy atom. The molecule has 1 aromatic heterocycles. The van der Waals surface area contributed by atoms with Gasteiger partial charge in [-0.2, -0.15) is 0 Å². The van der Waals surface area contributed by atoms with Gasteiger partial charge >= 0.3 is 0 Å². The van der Waals surface area contributed by atoms with Crippen LogP contribution < -0.4 is 20.7 Å². The molecule has 6 nitrogen and oxygen atoms in total. The first kappa shape index (κ1) is 16.1. The van der Waals surface area contributed by atoms with Gasteiger partial charge in [-0.05, 0) is 31.0 Å². The maximum atomic E-state index is 14.0. The van der Waals surface area contributed by atoms with Crippen LogP contribution in [-0.2, 0) is 0 Å². The van der Waals surface area contributed by atoms with Gasteiger partial charge < -0.3 is 20.7 Å². The zero-order valence-electron chi connectivity index (χ0n) is 14.4. The minimum atomic E-state index is -0.413. The second-order valence-electron chi connectivity index (χ2n) is 6.79. The van der Waals surface area contributed by atoms with Crippen LogP contribution >= 0.6 is 0 Å². The summed E-state index contributed by atoms with van der Waals surface area (Å²) in [7, 11) is 1.46. The van der Waals surface area contributed by atoms with Gasteiger partial charge in [-0.25, -0.2) is 4.39 Å². The number of halogens is 1. The molecule has 132 valence electrons. The number of methoxy groups -OCH3 is 1. The Balaban J connectivity index is 1.82. The van der Waals surface area contributed by atoms with E-state index in [1.54, 1.807) is 12.1 Å². The molecule has 2 atom stereocenters. The minimum Gasteiger partial charge on any atom is -0.493 e. The number of fused-ring (bicyclic) bond motifs is 3. The van der Waals surface area contributed by atoms with Gasteiger partial charge in [0.05, 0.1) is 24.0 Å². The Hall–Kier alpha value is -2.41. The molecule has 0 bridgehead atoms. The number of ether oxygens (including phenoxy) is 1. The van der Waals surface area contributed by atoms with Crippen molar-refractivity contribution in [1.29, 1.82) is 0 Å². The lowest BCUT2D eigenvalue weighted by Gasteiger charge is -2.43. The van der Waals surface area contributed by atoms with E-state index in [4.69, 9.17) is 10.5 Å². The predicted octanol–water partition coefficient (Wildman–Crippen LogP) is 2.40. The average Bonchev–Trinajstić information content (AvgIpc) is 2.98. The summed E-state index contributed by atoms with van der Waals surface area (Å²) in [6, 6.07) is 6.89. The summed E-state index contributed by atoms with van der Waals surface area (Å²) < 4.78 is 19.3. The van der Waals surface area contributed by atoms with Crippen LogP contribution in [0.15, 0.2) is 24.3 Å². The van der Waals surface area contributed by atoms with Crippen LogP contribution in [0.2, 0.25) is 0 Å². The highest BCUT2D eigenvalue weighted by Crippen LogP contribution is 2.44. The largest absolute Gasteiger partial charge is 0.493 e. The maximum Gasteiger partial charge on any atom is 0.172 e. The van der Waals surface area contributed by atoms with Gasteiger partial charge in [-0.15, -0.1) is 10.2 Å². The van der Waals surface area contributed by atoms with Crippen LogP contribution in [0.4, 0.5) is 15.9 Å². The SMILES string of the molecule is CC[C@@]12CNc3nnc(-c4cccc(F)c4OC)cc3N1C[C@H](N)C2. The second kappa shape index (κ2) is 5.84. The van der Waals surface area contributed by atoms with Gasteiger partial charge in [0.15, 0.2) is 17.4 Å². The molecular formula is C18H22FN5O. The van der Waals surface area contributed by atoms with E-state index >= 15 is 0 Å². The summed E-state index contributed by atoms with van der Waals surface area (Å²) >= 11 is 0. The topological polar surface area (TPSA) is 76.3 Å². The van der Waals surface area contributed by atoms with Crippen LogP contribution in [-0.4, -0.2) is 42.0 Å². The first-order chi connectivity index (χ1) is 12.1. The van der Waals surface area contributed by atoms with Crippen LogP contribution in [0.25, 0.3) is 11.3 Å². The van der Waals surface area contributed by atoms with Crippen molar-refractivity contribution in [3.05, 3.63) is 30.1 Å². The number of hydrogen-bond donors (Lipinski definition) is 2. The highest BCUT2D eigenvalue weighted by Gasteiger charge is 2.46. The molecule has 2 aliphatic heterocycles. The van der Waals surface area contributed by atoms with E-state index in [0.29, 0.717) is 11.3 Å². The smallest absolute Gasteiger partial charge is 0.172 e. The summed E-state index contributed by atoms with van der Waals surface area (Å²) in [4.78, 5) is 2.34. The van der Waals surface area contributed by atoms with E-state index in [-0.39, 0.29) is 17.3 Å². The van der Waals surface area contributed by atoms with Crippen LogP contribution in [0, 0.1) is 5.82 Å². The van der Waals surface area contributed by atoms with E-state index < -0.39 is 5.82 Å². The van der Waals surface area contributed by atoms with E-state index in [1.807, 2.05) is 6.07 Å². The van der Waals surface area contributed by atoms with E-state index in [1.165, 1.54) is 13.2 Å². The third-order valence-corrected chi connectivity index (χ3v) is 5.39. The van der Waals surface area contributed by atoms with Crippen molar-refractivity contribution in [1.82, 2.24) is 10.2 Å². The number of para-hydroxylation sites is 1. The van der Waals surface area contributed by atoms with Gasteiger partial charge in [0, 0.05) is 24.7 Å². The highest BCUT2D eigenvalue weighted by molar-refractivity contribution is 5.77. The van der Waals surface area contributed by atoms with Crippen molar-refractivity contribution in [2.45, 2.75) is 31.3 Å². The zero-order chi connectivity index (χ0) is 17.6. The fourth-order valence-electron chi connectivity index (χ4n) is 4.08. The lowest BCUT2D eigenvalue weighted by atomic mass is 9.89. The van der Waals surface area contributed by atoms with Crippen molar-refractivity contribution in [3.63, 3.8) is 0 Å². The number of rotatable bonds is 3. The van der Waals surface area contributed by atoms with Crippen LogP contribution in [0.1, 0.15) is 19.8 Å². The number of benzene rings is 1. The standard InChI is InChI=1S/C18H22FN5O/c1-3-18-8-11(20)9-24(18)15-7-14(22-23-17(15)21-10-18)12-5-4-6-13(19)16(12)25-2/h4-7,11H,3,8-10,20H2,1-2H3,(H,21,23)/t11-,18-/m1/s1. The third-order valence-electron chi connectivity index (χ3n) is 5.39. The van der Waals surface area contributed by atoms with Gasteiger partial charge in [-0.1, -0.05) is 13.0 Å². The number of anilines is 2. The summed E-state index contributed by atoms with van der Waals surface area (Å²) in [6.45, 7) is 3.78. The summed E-state index contributed by atoms with van der Waals surface area (Å²) in [6.07, 6.45) is 1.94. The second-order valence-corrected chi connectivity index (χ2v) is 6.79. The first-order valence-electron chi connectivity index (χ1n) is 8.55. The lowest BCUT2D eigenvalue weighted by Crippen LogP contribution is -2.52. The predicted molar refractivity (Wildman–Crippen MR) is 95.4 cm³/mol. The van der Waals surface area contributed by atoms with E-state index in [2.05, 4.69) is 27.3 Å². The van der Waals surface area contributed by atoms with Crippen LogP contribution in [0.5, 0.6) is 5.75 Å². The van der Waals surface area contributed by atoms with Crippen LogP contribution in [0.3, 0.4) is 0 Å². The number of nitrogens with one attached hydrogen (secondary N) is 1. The molecule has 0 spiro atoms. The average molecular weight is 343 g/mol. The van der Waals surface area contributed by atoms with Crippen molar-refractivity contribution >= 4 is 11.5 Å². The molecule has 1 aromatic carbocycles. The molecule has 0 unspecified atom stereocenters. The summed E-state index contributed by atoms with van der Waals surface area (Å²) in [5.41, 5.74) is 8.40. The molecule has 3 N–H and O–H groups in total. The molecule has 2 aliphatic rings. The van der Waals surface area contributed by atoms with Crippen molar-refractivity contribution in [3.8, 4) is 17.0 Å². The van der Waals surface area contributed by atoms with Crippen molar-refractivity contribution in [2.75, 3.05) is 30.4 Å². The lowest BCUT2D eigenvalue weighted by molar-refractivity contribution is 0.388. The summed E-state index contributed by atoms with van der Waals surface area (Å²) in [5, 5.41) is 12.0. The molecule has 0 aliphatic carbocycles. The Morgan fingerprint density at radius 2 is 2.28 bits per heavy atom. The Kier molecular flexibility index (Phi) is 3.76. The number of hydrogen-bond acceptors (Lipinski definition) is 6.